The van der Waals surface area contributed by atoms with Crippen molar-refractivity contribution < 1.29 is 14.2 Å². The molecule has 4 heteroatoms. The first kappa shape index (κ1) is 12.8. The fraction of sp³-hybridized carbons (Fsp3) is 0.600. The summed E-state index contributed by atoms with van der Waals surface area (Å²) in [5.74, 6) is 2.28. The molecule has 1 aromatic rings. The van der Waals surface area contributed by atoms with E-state index >= 15 is 0 Å². The normalized spacial score (nSPS) is 25.0. The third-order valence-corrected chi connectivity index (χ3v) is 3.95. The first-order chi connectivity index (χ1) is 9.33. The van der Waals surface area contributed by atoms with Crippen molar-refractivity contribution in [3.63, 3.8) is 0 Å². The van der Waals surface area contributed by atoms with Gasteiger partial charge >= 0.3 is 0 Å². The zero-order chi connectivity index (χ0) is 13.1. The van der Waals surface area contributed by atoms with E-state index in [4.69, 9.17) is 19.9 Å². The molecule has 2 atom stereocenters. The molecular weight excluding hydrogens is 242 g/mol. The fourth-order valence-electron chi connectivity index (χ4n) is 2.77. The van der Waals surface area contributed by atoms with Crippen LogP contribution in [0.3, 0.4) is 0 Å². The SMILES string of the molecule is N[C@@H](CC1CCOCC1)[C@@H]1COc2ccccc2O1. The maximum atomic E-state index is 6.29. The van der Waals surface area contributed by atoms with Crippen LogP contribution in [-0.4, -0.2) is 32.0 Å². The summed E-state index contributed by atoms with van der Waals surface area (Å²) in [7, 11) is 0. The van der Waals surface area contributed by atoms with Crippen LogP contribution in [0, 0.1) is 5.92 Å². The van der Waals surface area contributed by atoms with Gasteiger partial charge in [0.25, 0.3) is 0 Å². The Morgan fingerprint density at radius 3 is 2.68 bits per heavy atom. The summed E-state index contributed by atoms with van der Waals surface area (Å²) in [5, 5.41) is 0. The lowest BCUT2D eigenvalue weighted by molar-refractivity contribution is 0.0392. The van der Waals surface area contributed by atoms with E-state index in [1.54, 1.807) is 0 Å². The summed E-state index contributed by atoms with van der Waals surface area (Å²) in [4.78, 5) is 0. The van der Waals surface area contributed by atoms with Gasteiger partial charge in [0.15, 0.2) is 11.5 Å². The van der Waals surface area contributed by atoms with E-state index in [9.17, 15) is 0 Å². The highest BCUT2D eigenvalue weighted by Gasteiger charge is 2.28. The van der Waals surface area contributed by atoms with Gasteiger partial charge in [0.2, 0.25) is 0 Å². The average Bonchev–Trinajstić information content (AvgIpc) is 2.48. The number of hydrogen-bond acceptors (Lipinski definition) is 4. The van der Waals surface area contributed by atoms with Crippen molar-refractivity contribution in [3.05, 3.63) is 24.3 Å². The Kier molecular flexibility index (Phi) is 3.89. The average molecular weight is 263 g/mol. The Labute approximate surface area is 113 Å². The molecule has 104 valence electrons. The predicted octanol–water partition coefficient (Wildman–Crippen LogP) is 1.97. The third-order valence-electron chi connectivity index (χ3n) is 3.95. The van der Waals surface area contributed by atoms with Gasteiger partial charge in [-0.3, -0.25) is 0 Å². The van der Waals surface area contributed by atoms with E-state index in [2.05, 4.69) is 0 Å². The molecule has 0 unspecified atom stereocenters. The summed E-state index contributed by atoms with van der Waals surface area (Å²) in [6, 6.07) is 7.79. The smallest absolute Gasteiger partial charge is 0.161 e. The molecule has 1 saturated heterocycles. The van der Waals surface area contributed by atoms with Crippen LogP contribution < -0.4 is 15.2 Å². The molecule has 0 amide bonds. The minimum Gasteiger partial charge on any atom is -0.486 e. The molecular formula is C15H21NO3. The molecule has 0 saturated carbocycles. The molecule has 19 heavy (non-hydrogen) atoms. The zero-order valence-electron chi connectivity index (χ0n) is 11.1. The van der Waals surface area contributed by atoms with Crippen LogP contribution in [0.15, 0.2) is 24.3 Å². The van der Waals surface area contributed by atoms with Crippen molar-refractivity contribution in [2.45, 2.75) is 31.4 Å². The van der Waals surface area contributed by atoms with Crippen LogP contribution in [0.25, 0.3) is 0 Å². The van der Waals surface area contributed by atoms with Crippen molar-refractivity contribution in [3.8, 4) is 11.5 Å². The topological polar surface area (TPSA) is 53.7 Å². The molecule has 1 fully saturated rings. The van der Waals surface area contributed by atoms with E-state index < -0.39 is 0 Å². The number of nitrogens with two attached hydrogens (primary N) is 1. The zero-order valence-corrected chi connectivity index (χ0v) is 11.1. The lowest BCUT2D eigenvalue weighted by Crippen LogP contribution is -2.46. The monoisotopic (exact) mass is 263 g/mol. The number of fused-ring (bicyclic) bond motifs is 1. The van der Waals surface area contributed by atoms with Crippen LogP contribution >= 0.6 is 0 Å². The molecule has 2 N–H and O–H groups in total. The van der Waals surface area contributed by atoms with Crippen LogP contribution in [-0.2, 0) is 4.74 Å². The van der Waals surface area contributed by atoms with E-state index in [0.29, 0.717) is 12.5 Å². The molecule has 0 aromatic heterocycles. The summed E-state index contributed by atoms with van der Waals surface area (Å²) < 4.78 is 17.0. The van der Waals surface area contributed by atoms with Gasteiger partial charge in [-0.15, -0.1) is 0 Å². The Bertz CT molecular complexity index is 418. The lowest BCUT2D eigenvalue weighted by Gasteiger charge is -2.32. The number of hydrogen-bond donors (Lipinski definition) is 1. The van der Waals surface area contributed by atoms with Gasteiger partial charge in [0.1, 0.15) is 12.7 Å². The number of benzene rings is 1. The van der Waals surface area contributed by atoms with Crippen molar-refractivity contribution in [1.82, 2.24) is 0 Å². The van der Waals surface area contributed by atoms with Crippen molar-refractivity contribution in [1.29, 1.82) is 0 Å². The van der Waals surface area contributed by atoms with E-state index in [0.717, 1.165) is 44.0 Å². The van der Waals surface area contributed by atoms with Gasteiger partial charge in [-0.05, 0) is 37.3 Å². The maximum Gasteiger partial charge on any atom is 0.161 e. The largest absolute Gasteiger partial charge is 0.486 e. The Morgan fingerprint density at radius 2 is 1.89 bits per heavy atom. The molecule has 0 bridgehead atoms. The van der Waals surface area contributed by atoms with E-state index in [1.807, 2.05) is 24.3 Å². The summed E-state index contributed by atoms with van der Waals surface area (Å²) in [6.45, 7) is 2.27. The molecule has 0 spiro atoms. The molecule has 2 aliphatic rings. The van der Waals surface area contributed by atoms with E-state index in [-0.39, 0.29) is 12.1 Å². The van der Waals surface area contributed by atoms with Gasteiger partial charge in [-0.2, -0.15) is 0 Å². The van der Waals surface area contributed by atoms with E-state index in [1.165, 1.54) is 0 Å². The van der Waals surface area contributed by atoms with Crippen molar-refractivity contribution in [2.75, 3.05) is 19.8 Å². The molecule has 2 aliphatic heterocycles. The van der Waals surface area contributed by atoms with Crippen LogP contribution in [0.2, 0.25) is 0 Å². The highest BCUT2D eigenvalue weighted by Crippen LogP contribution is 2.32. The summed E-state index contributed by atoms with van der Waals surface area (Å²) >= 11 is 0. The van der Waals surface area contributed by atoms with Crippen molar-refractivity contribution >= 4 is 0 Å². The van der Waals surface area contributed by atoms with Crippen LogP contribution in [0.5, 0.6) is 11.5 Å². The Balaban J connectivity index is 1.58. The van der Waals surface area contributed by atoms with Crippen LogP contribution in [0.4, 0.5) is 0 Å². The molecule has 3 rings (SSSR count). The second-order valence-electron chi connectivity index (χ2n) is 5.37. The highest BCUT2D eigenvalue weighted by atomic mass is 16.6. The maximum absolute atomic E-state index is 6.29. The van der Waals surface area contributed by atoms with Crippen molar-refractivity contribution in [2.24, 2.45) is 11.7 Å². The van der Waals surface area contributed by atoms with Gasteiger partial charge in [-0.25, -0.2) is 0 Å². The van der Waals surface area contributed by atoms with Gasteiger partial charge in [0, 0.05) is 19.3 Å². The second kappa shape index (κ2) is 5.80. The van der Waals surface area contributed by atoms with Gasteiger partial charge in [-0.1, -0.05) is 12.1 Å². The first-order valence-corrected chi connectivity index (χ1v) is 7.05. The minimum absolute atomic E-state index is 0.0245. The highest BCUT2D eigenvalue weighted by molar-refractivity contribution is 5.40. The Morgan fingerprint density at radius 1 is 1.16 bits per heavy atom. The first-order valence-electron chi connectivity index (χ1n) is 7.05. The quantitative estimate of drug-likeness (QED) is 0.906. The molecule has 2 heterocycles. The molecule has 0 radical (unpaired) electrons. The second-order valence-corrected chi connectivity index (χ2v) is 5.37. The minimum atomic E-state index is -0.0438. The Hall–Kier alpha value is -1.26. The predicted molar refractivity (Wildman–Crippen MR) is 72.5 cm³/mol. The standard InChI is InChI=1S/C15H21NO3/c16-12(9-11-5-7-17-8-6-11)15-10-18-13-3-1-2-4-14(13)19-15/h1-4,11-12,15H,5-10,16H2/t12-,15-/m0/s1. The van der Waals surface area contributed by atoms with Gasteiger partial charge in [0.05, 0.1) is 0 Å². The number of rotatable bonds is 3. The summed E-state index contributed by atoms with van der Waals surface area (Å²) in [5.41, 5.74) is 6.29. The lowest BCUT2D eigenvalue weighted by atomic mass is 9.90. The molecule has 0 aliphatic carbocycles. The van der Waals surface area contributed by atoms with Gasteiger partial charge < -0.3 is 19.9 Å². The molecule has 4 nitrogen and oxygen atoms in total. The number of para-hydroxylation sites is 2. The molecule has 1 aromatic carbocycles. The summed E-state index contributed by atoms with van der Waals surface area (Å²) in [6.07, 6.45) is 3.16. The number of ether oxygens (including phenoxy) is 3. The fourth-order valence-corrected chi connectivity index (χ4v) is 2.77. The third kappa shape index (κ3) is 3.01. The van der Waals surface area contributed by atoms with Crippen LogP contribution in [0.1, 0.15) is 19.3 Å².